The summed E-state index contributed by atoms with van der Waals surface area (Å²) in [4.78, 5) is 4.41. The highest BCUT2D eigenvalue weighted by molar-refractivity contribution is 5.42. The van der Waals surface area contributed by atoms with Gasteiger partial charge in [0.15, 0.2) is 0 Å². The van der Waals surface area contributed by atoms with Crippen LogP contribution in [0, 0.1) is 0 Å². The van der Waals surface area contributed by atoms with E-state index in [2.05, 4.69) is 23.6 Å². The molecule has 23 heavy (non-hydrogen) atoms. The maximum atomic E-state index is 13.2. The van der Waals surface area contributed by atoms with Crippen molar-refractivity contribution in [3.05, 3.63) is 34.9 Å². The smallest absolute Gasteiger partial charge is 0.329 e. The van der Waals surface area contributed by atoms with Crippen LogP contribution < -0.4 is 5.73 Å². The summed E-state index contributed by atoms with van der Waals surface area (Å²) in [5.41, 5.74) is 6.48. The lowest BCUT2D eigenvalue weighted by atomic mass is 9.99. The number of hydrogen-bond acceptors (Lipinski definition) is 3. The van der Waals surface area contributed by atoms with Crippen molar-refractivity contribution < 1.29 is 13.2 Å². The molecular weight excluding hydrogens is 303 g/mol. The van der Waals surface area contributed by atoms with E-state index in [9.17, 15) is 13.2 Å². The van der Waals surface area contributed by atoms with Crippen molar-refractivity contribution in [2.24, 2.45) is 5.73 Å². The molecule has 0 bridgehead atoms. The van der Waals surface area contributed by atoms with Crippen molar-refractivity contribution >= 4 is 0 Å². The first kappa shape index (κ1) is 18.2. The van der Waals surface area contributed by atoms with E-state index in [4.69, 9.17) is 5.73 Å². The van der Waals surface area contributed by atoms with E-state index in [0.717, 1.165) is 38.2 Å². The van der Waals surface area contributed by atoms with Crippen LogP contribution in [0.25, 0.3) is 0 Å². The minimum atomic E-state index is -4.30. The van der Waals surface area contributed by atoms with Crippen molar-refractivity contribution in [3.63, 3.8) is 0 Å². The number of nitrogens with zero attached hydrogens (tertiary/aromatic N) is 2. The third-order valence-electron chi connectivity index (χ3n) is 4.72. The number of fused-ring (bicyclic) bond motifs is 1. The minimum absolute atomic E-state index is 0.107. The normalized spacial score (nSPS) is 18.7. The Bertz CT molecular complexity index is 512. The number of nitrogens with two attached hydrogens (primary N) is 1. The van der Waals surface area contributed by atoms with E-state index in [1.807, 2.05) is 0 Å². The van der Waals surface area contributed by atoms with Crippen molar-refractivity contribution in [1.29, 1.82) is 0 Å². The molecule has 1 aliphatic heterocycles. The molecule has 1 heterocycles. The minimum Gasteiger partial charge on any atom is -0.329 e. The van der Waals surface area contributed by atoms with Crippen LogP contribution in [-0.2, 0) is 12.7 Å². The fourth-order valence-corrected chi connectivity index (χ4v) is 3.42. The molecule has 2 rings (SSSR count). The summed E-state index contributed by atoms with van der Waals surface area (Å²) < 4.78 is 39.6. The van der Waals surface area contributed by atoms with Crippen molar-refractivity contribution in [1.82, 2.24) is 9.80 Å². The van der Waals surface area contributed by atoms with Gasteiger partial charge in [0, 0.05) is 25.7 Å². The van der Waals surface area contributed by atoms with Crippen LogP contribution in [-0.4, -0.2) is 42.5 Å². The third kappa shape index (κ3) is 4.05. The SMILES string of the molecule is CCN(CC)CCCN1Cc2c(cccc2C(F)(F)F)C1CN. The van der Waals surface area contributed by atoms with Gasteiger partial charge in [-0.2, -0.15) is 13.2 Å². The molecule has 1 aliphatic rings. The van der Waals surface area contributed by atoms with Crippen LogP contribution in [0.2, 0.25) is 0 Å². The van der Waals surface area contributed by atoms with Crippen LogP contribution in [0.1, 0.15) is 43.0 Å². The Hall–Kier alpha value is -1.11. The van der Waals surface area contributed by atoms with Crippen LogP contribution in [0.5, 0.6) is 0 Å². The Morgan fingerprint density at radius 1 is 1.26 bits per heavy atom. The number of hydrogen-bond donors (Lipinski definition) is 1. The first-order valence-electron chi connectivity index (χ1n) is 8.27. The molecule has 6 heteroatoms. The van der Waals surface area contributed by atoms with Gasteiger partial charge in [0.05, 0.1) is 5.56 Å². The molecular formula is C17H26F3N3. The summed E-state index contributed by atoms with van der Waals surface area (Å²) in [5, 5.41) is 0. The summed E-state index contributed by atoms with van der Waals surface area (Å²) in [6, 6.07) is 4.34. The summed E-state index contributed by atoms with van der Waals surface area (Å²) >= 11 is 0. The zero-order chi connectivity index (χ0) is 17.0. The zero-order valence-electron chi connectivity index (χ0n) is 13.9. The highest BCUT2D eigenvalue weighted by Crippen LogP contribution is 2.41. The average Bonchev–Trinajstić information content (AvgIpc) is 2.87. The molecule has 0 saturated heterocycles. The van der Waals surface area contributed by atoms with E-state index >= 15 is 0 Å². The summed E-state index contributed by atoms with van der Waals surface area (Å²) in [7, 11) is 0. The lowest BCUT2D eigenvalue weighted by molar-refractivity contribution is -0.138. The predicted molar refractivity (Wildman–Crippen MR) is 86.1 cm³/mol. The van der Waals surface area contributed by atoms with Crippen LogP contribution in [0.4, 0.5) is 13.2 Å². The molecule has 0 radical (unpaired) electrons. The largest absolute Gasteiger partial charge is 0.416 e. The van der Waals surface area contributed by atoms with Gasteiger partial charge in [-0.1, -0.05) is 26.0 Å². The molecule has 0 aromatic heterocycles. The van der Waals surface area contributed by atoms with Crippen LogP contribution in [0.3, 0.4) is 0 Å². The third-order valence-corrected chi connectivity index (χ3v) is 4.72. The molecule has 0 spiro atoms. The van der Waals surface area contributed by atoms with Gasteiger partial charge in [0.1, 0.15) is 0 Å². The Morgan fingerprint density at radius 2 is 1.96 bits per heavy atom. The molecule has 0 aliphatic carbocycles. The molecule has 1 aromatic carbocycles. The van der Waals surface area contributed by atoms with E-state index in [-0.39, 0.29) is 6.04 Å². The van der Waals surface area contributed by atoms with E-state index in [0.29, 0.717) is 18.7 Å². The lowest BCUT2D eigenvalue weighted by Crippen LogP contribution is -2.32. The second-order valence-electron chi connectivity index (χ2n) is 5.97. The van der Waals surface area contributed by atoms with Crippen molar-refractivity contribution in [2.75, 3.05) is 32.7 Å². The van der Waals surface area contributed by atoms with Crippen LogP contribution in [0.15, 0.2) is 18.2 Å². The second kappa shape index (κ2) is 7.64. The van der Waals surface area contributed by atoms with Gasteiger partial charge in [0.25, 0.3) is 0 Å². The average molecular weight is 329 g/mol. The molecule has 1 unspecified atom stereocenters. The maximum Gasteiger partial charge on any atom is 0.416 e. The highest BCUT2D eigenvalue weighted by Gasteiger charge is 2.39. The zero-order valence-corrected chi connectivity index (χ0v) is 13.9. The fourth-order valence-electron chi connectivity index (χ4n) is 3.42. The number of halogens is 3. The summed E-state index contributed by atoms with van der Waals surface area (Å²) in [5.74, 6) is 0. The number of alkyl halides is 3. The molecule has 3 nitrogen and oxygen atoms in total. The molecule has 1 atom stereocenters. The van der Waals surface area contributed by atoms with Crippen molar-refractivity contribution in [2.45, 2.75) is 39.0 Å². The standard InChI is InChI=1S/C17H26F3N3/c1-3-22(4-2)9-6-10-23-12-14-13(16(23)11-21)7-5-8-15(14)17(18,19)20/h5,7-8,16H,3-4,6,9-12,21H2,1-2H3. The number of benzene rings is 1. The van der Waals surface area contributed by atoms with Crippen LogP contribution >= 0.6 is 0 Å². The molecule has 0 fully saturated rings. The lowest BCUT2D eigenvalue weighted by Gasteiger charge is -2.25. The van der Waals surface area contributed by atoms with Gasteiger partial charge < -0.3 is 10.6 Å². The molecule has 0 amide bonds. The summed E-state index contributed by atoms with van der Waals surface area (Å²) in [6.07, 6.45) is -3.37. The van der Waals surface area contributed by atoms with Crippen molar-refractivity contribution in [3.8, 4) is 0 Å². The Kier molecular flexibility index (Phi) is 6.06. The summed E-state index contributed by atoms with van der Waals surface area (Å²) in [6.45, 7) is 8.64. The predicted octanol–water partition coefficient (Wildman–Crippen LogP) is 3.25. The van der Waals surface area contributed by atoms with Gasteiger partial charge in [0.2, 0.25) is 0 Å². The first-order valence-corrected chi connectivity index (χ1v) is 8.27. The van der Waals surface area contributed by atoms with E-state index in [1.54, 1.807) is 6.07 Å². The monoisotopic (exact) mass is 329 g/mol. The molecule has 1 aromatic rings. The Labute approximate surface area is 136 Å². The van der Waals surface area contributed by atoms with Gasteiger partial charge in [-0.25, -0.2) is 0 Å². The van der Waals surface area contributed by atoms with Gasteiger partial charge >= 0.3 is 6.18 Å². The van der Waals surface area contributed by atoms with Gasteiger partial charge in [-0.05, 0) is 43.2 Å². The first-order chi connectivity index (χ1) is 10.9. The Balaban J connectivity index is 2.10. The highest BCUT2D eigenvalue weighted by atomic mass is 19.4. The number of rotatable bonds is 7. The molecule has 0 saturated carbocycles. The van der Waals surface area contributed by atoms with Gasteiger partial charge in [-0.3, -0.25) is 4.90 Å². The van der Waals surface area contributed by atoms with E-state index in [1.165, 1.54) is 12.1 Å². The maximum absolute atomic E-state index is 13.2. The quantitative estimate of drug-likeness (QED) is 0.833. The molecule has 130 valence electrons. The van der Waals surface area contributed by atoms with E-state index < -0.39 is 11.7 Å². The fraction of sp³-hybridized carbons (Fsp3) is 0.647. The van der Waals surface area contributed by atoms with Gasteiger partial charge in [-0.15, -0.1) is 0 Å². The topological polar surface area (TPSA) is 32.5 Å². The second-order valence-corrected chi connectivity index (χ2v) is 5.97. The Morgan fingerprint density at radius 3 is 2.52 bits per heavy atom. The molecule has 2 N–H and O–H groups in total.